The topological polar surface area (TPSA) is 75.6 Å². The molecule has 1 aromatic carbocycles. The minimum absolute atomic E-state index is 0.0414. The van der Waals surface area contributed by atoms with Crippen molar-refractivity contribution in [1.82, 2.24) is 5.32 Å². The Hall–Kier alpha value is -0.970. The van der Waals surface area contributed by atoms with Gasteiger partial charge in [-0.15, -0.1) is 0 Å². The highest BCUT2D eigenvalue weighted by atomic mass is 32.1. The van der Waals surface area contributed by atoms with Gasteiger partial charge in [0.25, 0.3) is 0 Å². The summed E-state index contributed by atoms with van der Waals surface area (Å²) >= 11 is 4.23. The largest absolute Gasteiger partial charge is 0.445 e. The Bertz CT molecular complexity index is 439. The van der Waals surface area contributed by atoms with Crippen molar-refractivity contribution in [1.29, 1.82) is 0 Å². The quantitative estimate of drug-likeness (QED) is 0.555. The van der Waals surface area contributed by atoms with E-state index in [0.717, 1.165) is 5.56 Å². The summed E-state index contributed by atoms with van der Waals surface area (Å²) in [5, 5.41) is 2.53. The second kappa shape index (κ2) is 7.58. The van der Waals surface area contributed by atoms with Crippen LogP contribution in [0.3, 0.4) is 0 Å². The molecule has 0 aliphatic heterocycles. The average molecular weight is 303 g/mol. The maximum Gasteiger partial charge on any atom is 0.407 e. The third-order valence-electron chi connectivity index (χ3n) is 2.36. The summed E-state index contributed by atoms with van der Waals surface area (Å²) in [5.41, 5.74) is 0.895. The van der Waals surface area contributed by atoms with Gasteiger partial charge in [0.1, 0.15) is 6.61 Å². The molecule has 0 heterocycles. The SMILES string of the molecule is CC(S)(CNC(=O)OCc1ccccc1)C[PH](=O)O. The van der Waals surface area contributed by atoms with Gasteiger partial charge in [0, 0.05) is 17.5 Å². The molecular weight excluding hydrogens is 285 g/mol. The number of amides is 1. The van der Waals surface area contributed by atoms with Crippen LogP contribution in [0.15, 0.2) is 30.3 Å². The van der Waals surface area contributed by atoms with E-state index in [1.807, 2.05) is 30.3 Å². The number of ether oxygens (including phenoxy) is 1. The predicted octanol–water partition coefficient (Wildman–Crippen LogP) is 2.07. The number of thiol groups is 1. The Kier molecular flexibility index (Phi) is 6.42. The van der Waals surface area contributed by atoms with Gasteiger partial charge in [0.2, 0.25) is 0 Å². The molecule has 7 heteroatoms. The van der Waals surface area contributed by atoms with Crippen molar-refractivity contribution in [3.8, 4) is 0 Å². The normalized spacial score (nSPS) is 15.3. The van der Waals surface area contributed by atoms with Crippen LogP contribution < -0.4 is 5.32 Å². The number of hydrogen-bond donors (Lipinski definition) is 3. The molecule has 0 fully saturated rings. The smallest absolute Gasteiger partial charge is 0.407 e. The highest BCUT2D eigenvalue weighted by Gasteiger charge is 2.22. The number of benzene rings is 1. The van der Waals surface area contributed by atoms with Gasteiger partial charge in [-0.2, -0.15) is 12.6 Å². The second-order valence-corrected chi connectivity index (χ2v) is 6.70. The minimum Gasteiger partial charge on any atom is -0.445 e. The van der Waals surface area contributed by atoms with Crippen molar-refractivity contribution in [2.45, 2.75) is 18.3 Å². The van der Waals surface area contributed by atoms with Crippen LogP contribution in [0.5, 0.6) is 0 Å². The molecule has 0 saturated carbocycles. The molecule has 0 aromatic heterocycles. The van der Waals surface area contributed by atoms with Crippen LogP contribution >= 0.6 is 20.7 Å². The van der Waals surface area contributed by atoms with Crippen molar-refractivity contribution in [2.75, 3.05) is 12.7 Å². The van der Waals surface area contributed by atoms with Crippen molar-refractivity contribution in [2.24, 2.45) is 0 Å². The molecule has 0 aliphatic carbocycles. The molecule has 1 aromatic rings. The molecule has 19 heavy (non-hydrogen) atoms. The van der Waals surface area contributed by atoms with Gasteiger partial charge in [0.15, 0.2) is 8.03 Å². The highest BCUT2D eigenvalue weighted by molar-refractivity contribution is 7.82. The number of carbonyl (C=O) groups excluding carboxylic acids is 1. The lowest BCUT2D eigenvalue weighted by Gasteiger charge is -2.22. The highest BCUT2D eigenvalue weighted by Crippen LogP contribution is 2.25. The zero-order chi connectivity index (χ0) is 14.3. The molecule has 1 amide bonds. The molecule has 0 bridgehead atoms. The van der Waals surface area contributed by atoms with E-state index in [9.17, 15) is 9.36 Å². The number of alkyl carbamates (subject to hydrolysis) is 1. The second-order valence-electron chi connectivity index (χ2n) is 4.48. The molecule has 106 valence electrons. The molecule has 0 radical (unpaired) electrons. The first-order valence-corrected chi connectivity index (χ1v) is 7.79. The molecule has 0 saturated heterocycles. The Labute approximate surface area is 118 Å². The van der Waals surface area contributed by atoms with Gasteiger partial charge >= 0.3 is 6.09 Å². The van der Waals surface area contributed by atoms with E-state index in [1.165, 1.54) is 0 Å². The fourth-order valence-corrected chi connectivity index (χ4v) is 2.69. The first-order chi connectivity index (χ1) is 8.89. The van der Waals surface area contributed by atoms with Crippen LogP contribution in [0.2, 0.25) is 0 Å². The summed E-state index contributed by atoms with van der Waals surface area (Å²) in [6, 6.07) is 9.32. The third kappa shape index (κ3) is 7.25. The Morgan fingerprint density at radius 3 is 2.68 bits per heavy atom. The van der Waals surface area contributed by atoms with E-state index in [1.54, 1.807) is 6.92 Å². The Balaban J connectivity index is 2.30. The molecule has 0 aliphatic rings. The molecule has 2 unspecified atom stereocenters. The predicted molar refractivity (Wildman–Crippen MR) is 78.1 cm³/mol. The monoisotopic (exact) mass is 303 g/mol. The standard InChI is InChI=1S/C12H18NO4PS/c1-12(19,9-18(15)16)8-13-11(14)17-7-10-5-3-2-4-6-10/h2-6,18-19H,7-9H2,1H3,(H,13,14)(H,15,16). The van der Waals surface area contributed by atoms with E-state index in [0.29, 0.717) is 0 Å². The lowest BCUT2D eigenvalue weighted by Crippen LogP contribution is -2.38. The fraction of sp³-hybridized carbons (Fsp3) is 0.417. The summed E-state index contributed by atoms with van der Waals surface area (Å²) in [6.07, 6.45) is -0.526. The van der Waals surface area contributed by atoms with E-state index in [-0.39, 0.29) is 19.3 Å². The zero-order valence-corrected chi connectivity index (χ0v) is 12.5. The van der Waals surface area contributed by atoms with E-state index < -0.39 is 18.9 Å². The first-order valence-electron chi connectivity index (χ1n) is 5.78. The number of rotatable bonds is 6. The summed E-state index contributed by atoms with van der Waals surface area (Å²) in [5.74, 6) is 0. The van der Waals surface area contributed by atoms with Crippen LogP contribution in [0.1, 0.15) is 12.5 Å². The van der Waals surface area contributed by atoms with E-state index in [2.05, 4.69) is 17.9 Å². The fourth-order valence-electron chi connectivity index (χ4n) is 1.43. The van der Waals surface area contributed by atoms with Gasteiger partial charge < -0.3 is 14.9 Å². The van der Waals surface area contributed by atoms with Crippen molar-refractivity contribution in [3.63, 3.8) is 0 Å². The van der Waals surface area contributed by atoms with Gasteiger partial charge in [-0.1, -0.05) is 30.3 Å². The molecule has 1 rings (SSSR count). The third-order valence-corrected chi connectivity index (χ3v) is 4.05. The maximum atomic E-state index is 11.4. The van der Waals surface area contributed by atoms with E-state index in [4.69, 9.17) is 9.63 Å². The van der Waals surface area contributed by atoms with E-state index >= 15 is 0 Å². The lowest BCUT2D eigenvalue weighted by molar-refractivity contribution is 0.139. The van der Waals surface area contributed by atoms with Gasteiger partial charge in [-0.25, -0.2) is 4.79 Å². The van der Waals surface area contributed by atoms with Crippen molar-refractivity contribution < 1.29 is 19.0 Å². The Morgan fingerprint density at radius 1 is 1.47 bits per heavy atom. The maximum absolute atomic E-state index is 11.4. The summed E-state index contributed by atoms with van der Waals surface area (Å²) in [4.78, 5) is 20.3. The Morgan fingerprint density at radius 2 is 2.11 bits per heavy atom. The van der Waals surface area contributed by atoms with Crippen LogP contribution in [-0.2, 0) is 15.9 Å². The van der Waals surface area contributed by atoms with Crippen LogP contribution in [0.4, 0.5) is 4.79 Å². The van der Waals surface area contributed by atoms with Crippen LogP contribution in [0, 0.1) is 0 Å². The molecule has 2 N–H and O–H groups in total. The molecular formula is C12H18NO4PS. The lowest BCUT2D eigenvalue weighted by atomic mass is 10.2. The van der Waals surface area contributed by atoms with Crippen molar-refractivity contribution >= 4 is 26.7 Å². The number of hydrogen-bond acceptors (Lipinski definition) is 4. The molecule has 0 spiro atoms. The molecule has 2 atom stereocenters. The summed E-state index contributed by atoms with van der Waals surface area (Å²) in [6.45, 7) is 2.04. The van der Waals surface area contributed by atoms with Crippen molar-refractivity contribution in [3.05, 3.63) is 35.9 Å². The number of carbonyl (C=O) groups is 1. The average Bonchev–Trinajstić information content (AvgIpc) is 2.34. The summed E-state index contributed by atoms with van der Waals surface area (Å²) < 4.78 is 15.0. The minimum atomic E-state index is -2.61. The van der Waals surface area contributed by atoms with Crippen LogP contribution in [0.25, 0.3) is 0 Å². The first kappa shape index (κ1) is 16.1. The van der Waals surface area contributed by atoms with Gasteiger partial charge in [-0.05, 0) is 12.5 Å². The van der Waals surface area contributed by atoms with Gasteiger partial charge in [0.05, 0.1) is 0 Å². The van der Waals surface area contributed by atoms with Crippen LogP contribution in [-0.4, -0.2) is 28.4 Å². The zero-order valence-electron chi connectivity index (χ0n) is 10.6. The summed E-state index contributed by atoms with van der Waals surface area (Å²) in [7, 11) is -2.61. The van der Waals surface area contributed by atoms with Gasteiger partial charge in [-0.3, -0.25) is 4.57 Å². The number of nitrogens with one attached hydrogen (secondary N) is 1. The molecule has 5 nitrogen and oxygen atoms in total.